The van der Waals surface area contributed by atoms with Gasteiger partial charge in [0.05, 0.1) is 7.11 Å². The standard InChI is InChI=1S/C17H30N2O2/c1-3-13-8-10-19(12-13)15-5-4-9-17(11-15,16(20)21-2)18-14-6-7-14/h13-15,18H,3-12H2,1-2H3. The largest absolute Gasteiger partial charge is 0.468 e. The first kappa shape index (κ1) is 15.3. The molecule has 3 aliphatic rings. The fraction of sp³-hybridized carbons (Fsp3) is 0.941. The molecule has 3 atom stereocenters. The highest BCUT2D eigenvalue weighted by Crippen LogP contribution is 2.37. The van der Waals surface area contributed by atoms with E-state index in [2.05, 4.69) is 17.1 Å². The average Bonchev–Trinajstić information content (AvgIpc) is 3.19. The molecule has 1 heterocycles. The second-order valence-corrected chi connectivity index (χ2v) is 7.30. The molecular formula is C17H30N2O2. The summed E-state index contributed by atoms with van der Waals surface area (Å²) in [6, 6.07) is 1.10. The van der Waals surface area contributed by atoms with Gasteiger partial charge in [0.1, 0.15) is 5.54 Å². The molecule has 2 aliphatic carbocycles. The Balaban J connectivity index is 1.68. The van der Waals surface area contributed by atoms with E-state index in [-0.39, 0.29) is 5.97 Å². The maximum atomic E-state index is 12.4. The van der Waals surface area contributed by atoms with Gasteiger partial charge in [-0.15, -0.1) is 0 Å². The Bertz CT molecular complexity index is 383. The van der Waals surface area contributed by atoms with Crippen molar-refractivity contribution in [3.8, 4) is 0 Å². The molecule has 1 N–H and O–H groups in total. The maximum Gasteiger partial charge on any atom is 0.326 e. The van der Waals surface area contributed by atoms with Crippen LogP contribution in [-0.2, 0) is 9.53 Å². The molecule has 2 saturated carbocycles. The summed E-state index contributed by atoms with van der Waals surface area (Å²) in [5, 5.41) is 3.63. The average molecular weight is 294 g/mol. The summed E-state index contributed by atoms with van der Waals surface area (Å²) in [6.45, 7) is 4.73. The van der Waals surface area contributed by atoms with E-state index >= 15 is 0 Å². The molecule has 120 valence electrons. The molecule has 0 amide bonds. The number of esters is 1. The van der Waals surface area contributed by atoms with E-state index in [1.165, 1.54) is 52.3 Å². The molecule has 1 saturated heterocycles. The van der Waals surface area contributed by atoms with Crippen molar-refractivity contribution in [1.82, 2.24) is 10.2 Å². The predicted molar refractivity (Wildman–Crippen MR) is 83.1 cm³/mol. The van der Waals surface area contributed by atoms with Crippen molar-refractivity contribution in [2.45, 2.75) is 75.9 Å². The molecule has 0 aromatic rings. The number of hydrogen-bond acceptors (Lipinski definition) is 4. The molecule has 0 bridgehead atoms. The molecule has 4 nitrogen and oxygen atoms in total. The van der Waals surface area contributed by atoms with Crippen molar-refractivity contribution in [3.05, 3.63) is 0 Å². The van der Waals surface area contributed by atoms with Crippen LogP contribution in [0.5, 0.6) is 0 Å². The number of methoxy groups -OCH3 is 1. The normalized spacial score (nSPS) is 37.6. The molecule has 21 heavy (non-hydrogen) atoms. The van der Waals surface area contributed by atoms with E-state index in [0.29, 0.717) is 12.1 Å². The Hall–Kier alpha value is -0.610. The topological polar surface area (TPSA) is 41.6 Å². The monoisotopic (exact) mass is 294 g/mol. The molecule has 4 heteroatoms. The van der Waals surface area contributed by atoms with E-state index < -0.39 is 5.54 Å². The Kier molecular flexibility index (Phi) is 4.55. The number of rotatable bonds is 5. The summed E-state index contributed by atoms with van der Waals surface area (Å²) in [4.78, 5) is 15.1. The van der Waals surface area contributed by atoms with Gasteiger partial charge in [0, 0.05) is 18.6 Å². The van der Waals surface area contributed by atoms with Crippen LogP contribution < -0.4 is 5.32 Å². The van der Waals surface area contributed by atoms with Gasteiger partial charge < -0.3 is 9.64 Å². The smallest absolute Gasteiger partial charge is 0.326 e. The van der Waals surface area contributed by atoms with Crippen molar-refractivity contribution in [3.63, 3.8) is 0 Å². The fourth-order valence-electron chi connectivity index (χ4n) is 4.27. The second-order valence-electron chi connectivity index (χ2n) is 7.30. The van der Waals surface area contributed by atoms with E-state index in [0.717, 1.165) is 25.2 Å². The van der Waals surface area contributed by atoms with Crippen molar-refractivity contribution in [2.75, 3.05) is 20.2 Å². The van der Waals surface area contributed by atoms with E-state index in [1.807, 2.05) is 0 Å². The zero-order valence-corrected chi connectivity index (χ0v) is 13.6. The highest BCUT2D eigenvalue weighted by atomic mass is 16.5. The van der Waals surface area contributed by atoms with Crippen LogP contribution in [0.3, 0.4) is 0 Å². The molecular weight excluding hydrogens is 264 g/mol. The van der Waals surface area contributed by atoms with Gasteiger partial charge in [-0.3, -0.25) is 10.1 Å². The van der Waals surface area contributed by atoms with Crippen molar-refractivity contribution < 1.29 is 9.53 Å². The lowest BCUT2D eigenvalue weighted by Gasteiger charge is -2.42. The Morgan fingerprint density at radius 2 is 2.14 bits per heavy atom. The van der Waals surface area contributed by atoms with Gasteiger partial charge in [-0.25, -0.2) is 0 Å². The lowest BCUT2D eigenvalue weighted by molar-refractivity contribution is -0.151. The van der Waals surface area contributed by atoms with Crippen molar-refractivity contribution >= 4 is 5.97 Å². The van der Waals surface area contributed by atoms with Gasteiger partial charge in [0.25, 0.3) is 0 Å². The summed E-state index contributed by atoms with van der Waals surface area (Å²) in [7, 11) is 1.53. The van der Waals surface area contributed by atoms with Crippen LogP contribution in [0.25, 0.3) is 0 Å². The third-order valence-electron chi connectivity index (χ3n) is 5.77. The van der Waals surface area contributed by atoms with E-state index in [9.17, 15) is 4.79 Å². The Labute approximate surface area is 128 Å². The molecule has 0 aromatic heterocycles. The molecule has 0 radical (unpaired) electrons. The number of carbonyl (C=O) groups excluding carboxylic acids is 1. The molecule has 3 rings (SSSR count). The zero-order chi connectivity index (χ0) is 14.9. The highest BCUT2D eigenvalue weighted by molar-refractivity contribution is 5.81. The third-order valence-corrected chi connectivity index (χ3v) is 5.77. The number of hydrogen-bond donors (Lipinski definition) is 1. The van der Waals surface area contributed by atoms with Gasteiger partial charge in [-0.05, 0) is 57.4 Å². The minimum Gasteiger partial charge on any atom is -0.468 e. The van der Waals surface area contributed by atoms with Gasteiger partial charge in [-0.1, -0.05) is 13.3 Å². The quantitative estimate of drug-likeness (QED) is 0.790. The van der Waals surface area contributed by atoms with Crippen molar-refractivity contribution in [1.29, 1.82) is 0 Å². The van der Waals surface area contributed by atoms with Crippen LogP contribution in [-0.4, -0.2) is 48.7 Å². The first-order chi connectivity index (χ1) is 10.2. The second kappa shape index (κ2) is 6.25. The molecule has 0 spiro atoms. The number of ether oxygens (including phenoxy) is 1. The van der Waals surface area contributed by atoms with Gasteiger partial charge in [0.2, 0.25) is 0 Å². The van der Waals surface area contributed by atoms with E-state index in [4.69, 9.17) is 4.74 Å². The zero-order valence-electron chi connectivity index (χ0n) is 13.6. The number of nitrogens with one attached hydrogen (secondary N) is 1. The molecule has 1 aliphatic heterocycles. The van der Waals surface area contributed by atoms with Crippen LogP contribution in [0, 0.1) is 5.92 Å². The Morgan fingerprint density at radius 1 is 1.33 bits per heavy atom. The SMILES string of the molecule is CCC1CCN(C2CCCC(NC3CC3)(C(=O)OC)C2)C1. The first-order valence-electron chi connectivity index (χ1n) is 8.77. The highest BCUT2D eigenvalue weighted by Gasteiger charge is 2.48. The summed E-state index contributed by atoms with van der Waals surface area (Å²) >= 11 is 0. The van der Waals surface area contributed by atoms with Crippen LogP contribution in [0.15, 0.2) is 0 Å². The lowest BCUT2D eigenvalue weighted by atomic mass is 9.78. The van der Waals surface area contributed by atoms with Gasteiger partial charge in [0.15, 0.2) is 0 Å². The van der Waals surface area contributed by atoms with Crippen LogP contribution in [0.4, 0.5) is 0 Å². The summed E-state index contributed by atoms with van der Waals surface area (Å²) in [6.07, 6.45) is 9.29. The molecule has 3 fully saturated rings. The summed E-state index contributed by atoms with van der Waals surface area (Å²) in [5.74, 6) is 0.821. The maximum absolute atomic E-state index is 12.4. The number of likely N-dealkylation sites (tertiary alicyclic amines) is 1. The molecule has 3 unspecified atom stereocenters. The summed E-state index contributed by atoms with van der Waals surface area (Å²) < 4.78 is 5.16. The fourth-order valence-corrected chi connectivity index (χ4v) is 4.27. The van der Waals surface area contributed by atoms with Gasteiger partial charge >= 0.3 is 5.97 Å². The lowest BCUT2D eigenvalue weighted by Crippen LogP contribution is -2.59. The molecule has 0 aromatic carbocycles. The van der Waals surface area contributed by atoms with Crippen LogP contribution >= 0.6 is 0 Å². The minimum atomic E-state index is -0.414. The van der Waals surface area contributed by atoms with Crippen LogP contribution in [0.2, 0.25) is 0 Å². The minimum absolute atomic E-state index is 0.0367. The Morgan fingerprint density at radius 3 is 2.76 bits per heavy atom. The van der Waals surface area contributed by atoms with Crippen LogP contribution in [0.1, 0.15) is 58.3 Å². The van der Waals surface area contributed by atoms with Gasteiger partial charge in [-0.2, -0.15) is 0 Å². The third kappa shape index (κ3) is 3.26. The first-order valence-corrected chi connectivity index (χ1v) is 8.77. The summed E-state index contributed by atoms with van der Waals surface area (Å²) in [5.41, 5.74) is -0.414. The number of carbonyl (C=O) groups is 1. The predicted octanol–water partition coefficient (Wildman–Crippen LogP) is 2.32. The number of nitrogens with zero attached hydrogens (tertiary/aromatic N) is 1. The van der Waals surface area contributed by atoms with Crippen molar-refractivity contribution in [2.24, 2.45) is 5.92 Å². The van der Waals surface area contributed by atoms with E-state index in [1.54, 1.807) is 0 Å².